The standard InChI is InChI=1S/C28H40N6O6S/c1-27(2,3)37-25(35)19-33-15-12-30-23(33)17-32(14-11-21-7-9-22(10-8-21)41-40-39-29)18-24-31-13-16-34(24)20-26(36)38-28(4,5)6/h7-10,12-13,15-16H,11,14,17-20,29H2,1-6H3. The van der Waals surface area contributed by atoms with Crippen molar-refractivity contribution in [2.75, 3.05) is 6.54 Å². The molecule has 13 heteroatoms. The summed E-state index contributed by atoms with van der Waals surface area (Å²) < 4.78 is 19.3. The third kappa shape index (κ3) is 11.7. The van der Waals surface area contributed by atoms with Crippen LogP contribution in [0.3, 0.4) is 0 Å². The number of aromatic nitrogens is 4. The van der Waals surface area contributed by atoms with Gasteiger partial charge in [-0.25, -0.2) is 9.97 Å². The highest BCUT2D eigenvalue weighted by Crippen LogP contribution is 2.20. The Bertz CT molecular complexity index is 1190. The normalized spacial score (nSPS) is 12.1. The van der Waals surface area contributed by atoms with Crippen molar-refractivity contribution in [3.8, 4) is 0 Å². The molecule has 0 saturated heterocycles. The van der Waals surface area contributed by atoms with Crippen molar-refractivity contribution < 1.29 is 28.4 Å². The number of nitrogens with two attached hydrogens (primary N) is 1. The molecule has 0 amide bonds. The summed E-state index contributed by atoms with van der Waals surface area (Å²) in [7, 11) is 0. The lowest BCUT2D eigenvalue weighted by Gasteiger charge is -2.24. The second-order valence-corrected chi connectivity index (χ2v) is 12.2. The van der Waals surface area contributed by atoms with Crippen molar-refractivity contribution in [1.82, 2.24) is 24.0 Å². The van der Waals surface area contributed by atoms with Crippen LogP contribution < -0.4 is 5.90 Å². The van der Waals surface area contributed by atoms with Crippen LogP contribution in [0.4, 0.5) is 0 Å². The van der Waals surface area contributed by atoms with Crippen molar-refractivity contribution >= 4 is 24.0 Å². The Morgan fingerprint density at radius 2 is 1.34 bits per heavy atom. The first-order valence-corrected chi connectivity index (χ1v) is 14.0. The monoisotopic (exact) mass is 588 g/mol. The van der Waals surface area contributed by atoms with E-state index in [-0.39, 0.29) is 25.0 Å². The predicted octanol–water partition coefficient (Wildman–Crippen LogP) is 3.84. The first kappa shape index (κ1) is 32.3. The van der Waals surface area contributed by atoms with Crippen molar-refractivity contribution in [3.63, 3.8) is 0 Å². The molecule has 3 rings (SSSR count). The molecule has 0 aliphatic carbocycles. The maximum Gasteiger partial charge on any atom is 0.326 e. The molecular weight excluding hydrogens is 548 g/mol. The van der Waals surface area contributed by atoms with E-state index in [9.17, 15) is 9.59 Å². The quantitative estimate of drug-likeness (QED) is 0.127. The van der Waals surface area contributed by atoms with Crippen LogP contribution in [0, 0.1) is 0 Å². The van der Waals surface area contributed by atoms with Gasteiger partial charge in [0, 0.05) is 36.2 Å². The van der Waals surface area contributed by atoms with Crippen molar-refractivity contribution in [3.05, 3.63) is 66.3 Å². The number of hydrogen-bond acceptors (Lipinski definition) is 11. The Kier molecular flexibility index (Phi) is 11.5. The zero-order valence-corrected chi connectivity index (χ0v) is 25.3. The molecule has 224 valence electrons. The highest BCUT2D eigenvalue weighted by Gasteiger charge is 2.21. The smallest absolute Gasteiger partial charge is 0.326 e. The van der Waals surface area contributed by atoms with Gasteiger partial charge in [0.2, 0.25) is 0 Å². The molecule has 0 aliphatic heterocycles. The number of carbonyl (C=O) groups excluding carboxylic acids is 2. The van der Waals surface area contributed by atoms with Gasteiger partial charge in [0.15, 0.2) is 0 Å². The molecular formula is C28H40N6O6S. The fourth-order valence-electron chi connectivity index (χ4n) is 3.97. The van der Waals surface area contributed by atoms with Gasteiger partial charge in [-0.1, -0.05) is 12.1 Å². The second-order valence-electron chi connectivity index (χ2n) is 11.5. The number of imidazole rings is 2. The van der Waals surface area contributed by atoms with Crippen LogP contribution in [0.2, 0.25) is 0 Å². The van der Waals surface area contributed by atoms with E-state index in [0.29, 0.717) is 31.3 Å². The van der Waals surface area contributed by atoms with E-state index in [1.165, 1.54) is 0 Å². The molecule has 3 aromatic rings. The Balaban J connectivity index is 1.75. The zero-order chi connectivity index (χ0) is 30.0. The van der Waals surface area contributed by atoms with Crippen LogP contribution in [0.15, 0.2) is 53.9 Å². The third-order valence-corrected chi connectivity index (χ3v) is 6.19. The molecule has 0 atom stereocenters. The van der Waals surface area contributed by atoms with E-state index in [1.807, 2.05) is 65.8 Å². The summed E-state index contributed by atoms with van der Waals surface area (Å²) >= 11 is 1.02. The lowest BCUT2D eigenvalue weighted by molar-refractivity contribution is -0.195. The number of esters is 2. The molecule has 1 aromatic carbocycles. The Morgan fingerprint density at radius 3 is 1.78 bits per heavy atom. The fraction of sp³-hybridized carbons (Fsp3) is 0.500. The number of ether oxygens (including phenoxy) is 2. The van der Waals surface area contributed by atoms with Crippen LogP contribution in [0.5, 0.6) is 0 Å². The molecule has 0 aliphatic rings. The topological polar surface area (TPSA) is 136 Å². The van der Waals surface area contributed by atoms with Crippen LogP contribution in [-0.4, -0.2) is 53.7 Å². The fourth-order valence-corrected chi connectivity index (χ4v) is 4.33. The minimum absolute atomic E-state index is 0.0570. The van der Waals surface area contributed by atoms with Gasteiger partial charge in [0.05, 0.1) is 25.1 Å². The van der Waals surface area contributed by atoms with E-state index in [2.05, 4.69) is 19.9 Å². The number of hydrogen-bond donors (Lipinski definition) is 1. The summed E-state index contributed by atoms with van der Waals surface area (Å²) in [6.07, 6.45) is 7.61. The molecule has 0 fully saturated rings. The molecule has 41 heavy (non-hydrogen) atoms. The number of rotatable bonds is 14. The molecule has 2 heterocycles. The maximum atomic E-state index is 12.5. The van der Waals surface area contributed by atoms with Gasteiger partial charge < -0.3 is 18.6 Å². The summed E-state index contributed by atoms with van der Waals surface area (Å²) in [6.45, 7) is 12.7. The first-order valence-electron chi connectivity index (χ1n) is 13.3. The number of benzene rings is 1. The van der Waals surface area contributed by atoms with Gasteiger partial charge in [-0.3, -0.25) is 14.5 Å². The minimum Gasteiger partial charge on any atom is -0.459 e. The summed E-state index contributed by atoms with van der Waals surface area (Å²) in [5.41, 5.74) is -0.0404. The molecule has 0 spiro atoms. The Hall–Kier alpha value is -3.23. The molecule has 0 radical (unpaired) electrons. The van der Waals surface area contributed by atoms with E-state index in [1.54, 1.807) is 33.9 Å². The lowest BCUT2D eigenvalue weighted by Crippen LogP contribution is -2.31. The summed E-state index contributed by atoms with van der Waals surface area (Å²) in [6, 6.07) is 7.86. The molecule has 0 bridgehead atoms. The molecule has 0 saturated carbocycles. The molecule has 12 nitrogen and oxygen atoms in total. The molecule has 0 unspecified atom stereocenters. The van der Waals surface area contributed by atoms with Gasteiger partial charge in [-0.2, -0.15) is 5.90 Å². The van der Waals surface area contributed by atoms with Gasteiger partial charge in [-0.15, -0.1) is 9.32 Å². The summed E-state index contributed by atoms with van der Waals surface area (Å²) in [5, 5.41) is 0. The largest absolute Gasteiger partial charge is 0.459 e. The van der Waals surface area contributed by atoms with E-state index < -0.39 is 11.2 Å². The van der Waals surface area contributed by atoms with E-state index in [4.69, 9.17) is 19.7 Å². The predicted molar refractivity (Wildman–Crippen MR) is 153 cm³/mol. The van der Waals surface area contributed by atoms with Crippen molar-refractivity contribution in [1.29, 1.82) is 0 Å². The molecule has 2 aromatic heterocycles. The highest BCUT2D eigenvalue weighted by molar-refractivity contribution is 7.94. The SMILES string of the molecule is CC(C)(C)OC(=O)Cn1ccnc1CN(CCc1ccc(SOON)cc1)Cc1nccn1CC(=O)OC(C)(C)C. The van der Waals surface area contributed by atoms with Crippen molar-refractivity contribution in [2.45, 2.75) is 90.2 Å². The number of carbonyl (C=O) groups is 2. The van der Waals surface area contributed by atoms with Crippen LogP contribution >= 0.6 is 12.0 Å². The summed E-state index contributed by atoms with van der Waals surface area (Å²) in [4.78, 5) is 41.2. The van der Waals surface area contributed by atoms with Gasteiger partial charge in [0.1, 0.15) is 35.9 Å². The third-order valence-electron chi connectivity index (χ3n) is 5.58. The second kappa shape index (κ2) is 14.6. The van der Waals surface area contributed by atoms with Crippen LogP contribution in [0.1, 0.15) is 58.8 Å². The van der Waals surface area contributed by atoms with Crippen molar-refractivity contribution in [2.24, 2.45) is 5.90 Å². The van der Waals surface area contributed by atoms with Crippen LogP contribution in [0.25, 0.3) is 0 Å². The lowest BCUT2D eigenvalue weighted by atomic mass is 10.1. The van der Waals surface area contributed by atoms with Crippen LogP contribution in [-0.2, 0) is 61.0 Å². The van der Waals surface area contributed by atoms with Gasteiger partial charge in [-0.05, 0) is 65.7 Å². The minimum atomic E-state index is -0.577. The first-order chi connectivity index (χ1) is 19.3. The van der Waals surface area contributed by atoms with Gasteiger partial charge in [0.25, 0.3) is 0 Å². The summed E-state index contributed by atoms with van der Waals surface area (Å²) in [5.74, 6) is 5.67. The Labute approximate surface area is 245 Å². The number of nitrogens with zero attached hydrogens (tertiary/aromatic N) is 5. The Morgan fingerprint density at radius 1 is 0.854 bits per heavy atom. The maximum absolute atomic E-state index is 12.5. The zero-order valence-electron chi connectivity index (χ0n) is 24.5. The average Bonchev–Trinajstić information content (AvgIpc) is 3.48. The average molecular weight is 589 g/mol. The van der Waals surface area contributed by atoms with Gasteiger partial charge >= 0.3 is 11.9 Å². The van der Waals surface area contributed by atoms with E-state index in [0.717, 1.165) is 28.9 Å². The van der Waals surface area contributed by atoms with E-state index >= 15 is 0 Å². The molecule has 2 N–H and O–H groups in total. The highest BCUT2D eigenvalue weighted by atomic mass is 32.2.